The molecule has 0 radical (unpaired) electrons. The van der Waals surface area contributed by atoms with E-state index < -0.39 is 0 Å². The minimum Gasteiger partial charge on any atom is -0.391 e. The van der Waals surface area contributed by atoms with Gasteiger partial charge in [-0.1, -0.05) is 33.1 Å². The molecule has 1 saturated heterocycles. The highest BCUT2D eigenvalue weighted by atomic mass is 16.3. The van der Waals surface area contributed by atoms with Crippen molar-refractivity contribution in [2.45, 2.75) is 59.0 Å². The van der Waals surface area contributed by atoms with Gasteiger partial charge in [0.05, 0.1) is 6.10 Å². The van der Waals surface area contributed by atoms with Crippen molar-refractivity contribution in [2.75, 3.05) is 26.2 Å². The number of β-amino-alcohol motifs (C(OH)–C–C–N with tert-alkyl or cyclic N) is 1. The summed E-state index contributed by atoms with van der Waals surface area (Å²) in [6, 6.07) is 0. The molecule has 0 spiro atoms. The molecule has 4 heteroatoms. The maximum absolute atomic E-state index is 9.63. The Bertz CT molecular complexity index is 268. The van der Waals surface area contributed by atoms with Gasteiger partial charge < -0.3 is 15.3 Å². The van der Waals surface area contributed by atoms with Crippen molar-refractivity contribution in [1.29, 1.82) is 0 Å². The number of aliphatic imine (C=N–C) groups is 1. The van der Waals surface area contributed by atoms with Crippen molar-refractivity contribution < 1.29 is 5.11 Å². The van der Waals surface area contributed by atoms with Gasteiger partial charge in [-0.25, -0.2) is 0 Å². The molecule has 0 amide bonds. The summed E-state index contributed by atoms with van der Waals surface area (Å²) in [6.45, 7) is 10.0. The van der Waals surface area contributed by atoms with Gasteiger partial charge in [-0.2, -0.15) is 0 Å². The van der Waals surface area contributed by atoms with Crippen LogP contribution in [0, 0.1) is 5.92 Å². The highest BCUT2D eigenvalue weighted by molar-refractivity contribution is 5.80. The van der Waals surface area contributed by atoms with Crippen LogP contribution in [0.3, 0.4) is 0 Å². The third-order valence-corrected chi connectivity index (χ3v) is 3.84. The molecule has 0 aromatic rings. The first-order valence-electron chi connectivity index (χ1n) is 7.92. The molecule has 4 nitrogen and oxygen atoms in total. The normalized spacial score (nSPS) is 21.8. The maximum atomic E-state index is 9.63. The Kier molecular flexibility index (Phi) is 7.87. The Labute approximate surface area is 118 Å². The Morgan fingerprint density at radius 3 is 2.74 bits per heavy atom. The largest absolute Gasteiger partial charge is 0.391 e. The van der Waals surface area contributed by atoms with Crippen LogP contribution < -0.4 is 5.32 Å². The molecular formula is C15H31N3O. The number of aliphatic hydroxyl groups is 1. The monoisotopic (exact) mass is 269 g/mol. The van der Waals surface area contributed by atoms with Crippen LogP contribution >= 0.6 is 0 Å². The summed E-state index contributed by atoms with van der Waals surface area (Å²) in [6.07, 6.45) is 5.71. The SMILES string of the molecule is CCCCC(CC)CN=C(NCC)N1CC[C@@H](O)C1. The van der Waals surface area contributed by atoms with Gasteiger partial charge >= 0.3 is 0 Å². The molecule has 2 atom stereocenters. The number of aliphatic hydroxyl groups excluding tert-OH is 1. The summed E-state index contributed by atoms with van der Waals surface area (Å²) in [7, 11) is 0. The Morgan fingerprint density at radius 1 is 1.42 bits per heavy atom. The van der Waals surface area contributed by atoms with E-state index in [9.17, 15) is 5.11 Å². The molecule has 0 aromatic carbocycles. The van der Waals surface area contributed by atoms with E-state index in [0.717, 1.165) is 38.6 Å². The van der Waals surface area contributed by atoms with Gasteiger partial charge in [-0.05, 0) is 25.7 Å². The zero-order chi connectivity index (χ0) is 14.1. The van der Waals surface area contributed by atoms with Gasteiger partial charge in [-0.3, -0.25) is 4.99 Å². The fourth-order valence-corrected chi connectivity index (χ4v) is 2.49. The predicted molar refractivity (Wildman–Crippen MR) is 81.5 cm³/mol. The second kappa shape index (κ2) is 9.18. The molecule has 2 N–H and O–H groups in total. The van der Waals surface area contributed by atoms with Crippen LogP contribution in [-0.4, -0.2) is 48.2 Å². The molecular weight excluding hydrogens is 238 g/mol. The molecule has 1 aliphatic heterocycles. The second-order valence-electron chi connectivity index (χ2n) is 5.50. The molecule has 1 rings (SSSR count). The number of nitrogens with one attached hydrogen (secondary N) is 1. The second-order valence-corrected chi connectivity index (χ2v) is 5.50. The number of rotatable bonds is 7. The van der Waals surface area contributed by atoms with Gasteiger partial charge in [0, 0.05) is 26.2 Å². The third-order valence-electron chi connectivity index (χ3n) is 3.84. The van der Waals surface area contributed by atoms with E-state index in [1.807, 2.05) is 0 Å². The van der Waals surface area contributed by atoms with Crippen molar-refractivity contribution in [3.05, 3.63) is 0 Å². The van der Waals surface area contributed by atoms with Crippen LogP contribution in [-0.2, 0) is 0 Å². The Balaban J connectivity index is 2.51. The predicted octanol–water partition coefficient (Wildman–Crippen LogP) is 2.23. The summed E-state index contributed by atoms with van der Waals surface area (Å²) < 4.78 is 0. The van der Waals surface area contributed by atoms with Crippen molar-refractivity contribution in [3.63, 3.8) is 0 Å². The Morgan fingerprint density at radius 2 is 2.21 bits per heavy atom. The van der Waals surface area contributed by atoms with Gasteiger partial charge in [0.2, 0.25) is 0 Å². The molecule has 1 fully saturated rings. The lowest BCUT2D eigenvalue weighted by Gasteiger charge is -2.22. The van der Waals surface area contributed by atoms with Crippen LogP contribution in [0.15, 0.2) is 4.99 Å². The van der Waals surface area contributed by atoms with Gasteiger partial charge in [-0.15, -0.1) is 0 Å². The highest BCUT2D eigenvalue weighted by Crippen LogP contribution is 2.14. The topological polar surface area (TPSA) is 47.9 Å². The number of nitrogens with zero attached hydrogens (tertiary/aromatic N) is 2. The number of guanidine groups is 1. The molecule has 112 valence electrons. The van der Waals surface area contributed by atoms with E-state index >= 15 is 0 Å². The minimum atomic E-state index is -0.189. The zero-order valence-corrected chi connectivity index (χ0v) is 12.9. The van der Waals surface area contributed by atoms with Crippen LogP contribution in [0.1, 0.15) is 52.9 Å². The fourth-order valence-electron chi connectivity index (χ4n) is 2.49. The average Bonchev–Trinajstić information content (AvgIpc) is 2.84. The van der Waals surface area contributed by atoms with E-state index in [1.54, 1.807) is 0 Å². The smallest absolute Gasteiger partial charge is 0.194 e. The maximum Gasteiger partial charge on any atom is 0.194 e. The summed E-state index contributed by atoms with van der Waals surface area (Å²) in [5, 5.41) is 13.0. The minimum absolute atomic E-state index is 0.189. The molecule has 0 bridgehead atoms. The van der Waals surface area contributed by atoms with Gasteiger partial charge in [0.25, 0.3) is 0 Å². The molecule has 1 unspecified atom stereocenters. The summed E-state index contributed by atoms with van der Waals surface area (Å²) in [5.41, 5.74) is 0. The lowest BCUT2D eigenvalue weighted by molar-refractivity contribution is 0.187. The molecule has 0 aromatic heterocycles. The number of hydrogen-bond acceptors (Lipinski definition) is 2. The van der Waals surface area contributed by atoms with Crippen molar-refractivity contribution >= 4 is 5.96 Å². The number of likely N-dealkylation sites (tertiary alicyclic amines) is 1. The molecule has 0 aliphatic carbocycles. The summed E-state index contributed by atoms with van der Waals surface area (Å²) >= 11 is 0. The van der Waals surface area contributed by atoms with Crippen molar-refractivity contribution in [3.8, 4) is 0 Å². The fraction of sp³-hybridized carbons (Fsp3) is 0.933. The molecule has 19 heavy (non-hydrogen) atoms. The van der Waals surface area contributed by atoms with E-state index in [4.69, 9.17) is 4.99 Å². The van der Waals surface area contributed by atoms with Gasteiger partial charge in [0.15, 0.2) is 5.96 Å². The summed E-state index contributed by atoms with van der Waals surface area (Å²) in [4.78, 5) is 6.96. The first-order valence-corrected chi connectivity index (χ1v) is 7.92. The molecule has 1 heterocycles. The van der Waals surface area contributed by atoms with Crippen molar-refractivity contribution in [1.82, 2.24) is 10.2 Å². The van der Waals surface area contributed by atoms with E-state index in [1.165, 1.54) is 25.7 Å². The lowest BCUT2D eigenvalue weighted by Crippen LogP contribution is -2.40. The Hall–Kier alpha value is -0.770. The van der Waals surface area contributed by atoms with Crippen LogP contribution in [0.2, 0.25) is 0 Å². The summed E-state index contributed by atoms with van der Waals surface area (Å²) in [5.74, 6) is 1.68. The van der Waals surface area contributed by atoms with E-state index in [-0.39, 0.29) is 6.10 Å². The van der Waals surface area contributed by atoms with Crippen LogP contribution in [0.4, 0.5) is 0 Å². The van der Waals surface area contributed by atoms with Crippen LogP contribution in [0.5, 0.6) is 0 Å². The standard InChI is InChI=1S/C15H31N3O/c1-4-7-8-13(5-2)11-17-15(16-6-3)18-10-9-14(19)12-18/h13-14,19H,4-12H2,1-3H3,(H,16,17)/t13?,14-/m1/s1. The number of unbranched alkanes of at least 4 members (excludes halogenated alkanes) is 1. The van der Waals surface area contributed by atoms with E-state index in [0.29, 0.717) is 5.92 Å². The van der Waals surface area contributed by atoms with Crippen LogP contribution in [0.25, 0.3) is 0 Å². The zero-order valence-electron chi connectivity index (χ0n) is 12.9. The first kappa shape index (κ1) is 16.3. The van der Waals surface area contributed by atoms with Gasteiger partial charge in [0.1, 0.15) is 0 Å². The first-order chi connectivity index (χ1) is 9.21. The third kappa shape index (κ3) is 5.81. The quantitative estimate of drug-likeness (QED) is 0.550. The molecule has 0 saturated carbocycles. The highest BCUT2D eigenvalue weighted by Gasteiger charge is 2.22. The number of hydrogen-bond donors (Lipinski definition) is 2. The van der Waals surface area contributed by atoms with Crippen molar-refractivity contribution in [2.24, 2.45) is 10.9 Å². The van der Waals surface area contributed by atoms with E-state index in [2.05, 4.69) is 31.0 Å². The molecule has 1 aliphatic rings. The average molecular weight is 269 g/mol. The lowest BCUT2D eigenvalue weighted by atomic mass is 10.00.